The molecule has 0 unspecified atom stereocenters. The van der Waals surface area contributed by atoms with E-state index in [-0.39, 0.29) is 24.2 Å². The van der Waals surface area contributed by atoms with E-state index >= 15 is 0 Å². The Labute approximate surface area is 171 Å². The van der Waals surface area contributed by atoms with Crippen molar-refractivity contribution in [2.45, 2.75) is 13.5 Å². The minimum atomic E-state index is -0.503. The standard InChI is InChI=1S/C21H19FN6O2/c1-14-12-18-25-27(13-19(29)26(2)17-6-4-3-5-7-17)21(30)28(18)20(23-14)24-16-10-8-15(22)9-11-16/h3-12H,13H2,1-2H3,(H,23,24). The highest BCUT2D eigenvalue weighted by Crippen LogP contribution is 2.16. The number of nitrogens with zero attached hydrogens (tertiary/aromatic N) is 5. The molecule has 0 atom stereocenters. The molecule has 0 saturated carbocycles. The summed E-state index contributed by atoms with van der Waals surface area (Å²) in [4.78, 5) is 31.5. The topological polar surface area (TPSA) is 84.5 Å². The smallest absolute Gasteiger partial charge is 0.325 e. The predicted molar refractivity (Wildman–Crippen MR) is 112 cm³/mol. The number of aryl methyl sites for hydroxylation is 1. The number of halogens is 1. The van der Waals surface area contributed by atoms with Gasteiger partial charge in [0.1, 0.15) is 12.4 Å². The number of anilines is 3. The van der Waals surface area contributed by atoms with Gasteiger partial charge in [-0.2, -0.15) is 0 Å². The molecule has 2 aromatic carbocycles. The Morgan fingerprint density at radius 3 is 2.53 bits per heavy atom. The van der Waals surface area contributed by atoms with Crippen LogP contribution in [-0.2, 0) is 11.3 Å². The Morgan fingerprint density at radius 1 is 1.13 bits per heavy atom. The number of carbonyl (C=O) groups excluding carboxylic acids is 1. The first kappa shape index (κ1) is 19.3. The number of amides is 1. The molecule has 0 aliphatic carbocycles. The Balaban J connectivity index is 1.67. The first-order valence-corrected chi connectivity index (χ1v) is 9.24. The largest absolute Gasteiger partial charge is 0.353 e. The number of hydrogen-bond acceptors (Lipinski definition) is 5. The summed E-state index contributed by atoms with van der Waals surface area (Å²) in [6, 6.07) is 16.5. The highest BCUT2D eigenvalue weighted by molar-refractivity contribution is 5.92. The quantitative estimate of drug-likeness (QED) is 0.551. The van der Waals surface area contributed by atoms with Gasteiger partial charge in [-0.25, -0.2) is 23.3 Å². The maximum absolute atomic E-state index is 13.2. The average molecular weight is 406 g/mol. The van der Waals surface area contributed by atoms with Gasteiger partial charge < -0.3 is 10.2 Å². The summed E-state index contributed by atoms with van der Waals surface area (Å²) in [5.41, 5.74) is 1.77. The maximum Gasteiger partial charge on any atom is 0.353 e. The van der Waals surface area contributed by atoms with Crippen molar-refractivity contribution in [2.75, 3.05) is 17.3 Å². The number of fused-ring (bicyclic) bond motifs is 1. The maximum atomic E-state index is 13.2. The van der Waals surface area contributed by atoms with Crippen molar-refractivity contribution in [2.24, 2.45) is 0 Å². The average Bonchev–Trinajstić information content (AvgIpc) is 3.04. The Morgan fingerprint density at radius 2 is 1.83 bits per heavy atom. The molecular weight excluding hydrogens is 387 g/mol. The summed E-state index contributed by atoms with van der Waals surface area (Å²) >= 11 is 0. The molecular formula is C21H19FN6O2. The third-order valence-corrected chi connectivity index (χ3v) is 4.60. The summed E-state index contributed by atoms with van der Waals surface area (Å²) < 4.78 is 15.6. The van der Waals surface area contributed by atoms with Gasteiger partial charge in [0.25, 0.3) is 0 Å². The van der Waals surface area contributed by atoms with Crippen molar-refractivity contribution in [3.63, 3.8) is 0 Å². The van der Waals surface area contributed by atoms with Gasteiger partial charge in [-0.3, -0.25) is 4.79 Å². The van der Waals surface area contributed by atoms with Crippen LogP contribution in [0.4, 0.5) is 21.7 Å². The molecule has 1 amide bonds. The lowest BCUT2D eigenvalue weighted by Crippen LogP contribution is -2.34. The van der Waals surface area contributed by atoms with E-state index in [4.69, 9.17) is 0 Å². The summed E-state index contributed by atoms with van der Waals surface area (Å²) in [6.07, 6.45) is 0. The molecule has 4 aromatic rings. The SMILES string of the molecule is Cc1cc2nn(CC(=O)N(C)c3ccccc3)c(=O)n2c(Nc2ccc(F)cc2)n1. The van der Waals surface area contributed by atoms with Gasteiger partial charge >= 0.3 is 5.69 Å². The van der Waals surface area contributed by atoms with Gasteiger partial charge in [-0.05, 0) is 43.3 Å². The van der Waals surface area contributed by atoms with Crippen molar-refractivity contribution in [3.05, 3.63) is 82.7 Å². The van der Waals surface area contributed by atoms with Crippen LogP contribution >= 0.6 is 0 Å². The Bertz CT molecular complexity index is 1260. The van der Waals surface area contributed by atoms with Gasteiger partial charge in [-0.1, -0.05) is 18.2 Å². The first-order valence-electron chi connectivity index (χ1n) is 9.24. The van der Waals surface area contributed by atoms with Gasteiger partial charge in [0.05, 0.1) is 0 Å². The molecule has 2 heterocycles. The zero-order chi connectivity index (χ0) is 21.3. The molecule has 0 spiro atoms. The lowest BCUT2D eigenvalue weighted by atomic mass is 10.3. The predicted octanol–water partition coefficient (Wildman–Crippen LogP) is 2.75. The summed E-state index contributed by atoms with van der Waals surface area (Å²) in [7, 11) is 1.64. The highest BCUT2D eigenvalue weighted by atomic mass is 19.1. The second-order valence-electron chi connectivity index (χ2n) is 6.78. The first-order chi connectivity index (χ1) is 14.4. The molecule has 0 saturated heterocycles. The fourth-order valence-corrected chi connectivity index (χ4v) is 3.03. The minimum Gasteiger partial charge on any atom is -0.325 e. The van der Waals surface area contributed by atoms with Crippen LogP contribution in [0.5, 0.6) is 0 Å². The van der Waals surface area contributed by atoms with E-state index in [0.717, 1.165) is 10.4 Å². The van der Waals surface area contributed by atoms with Gasteiger partial charge in [0, 0.05) is 30.2 Å². The molecule has 0 radical (unpaired) electrons. The Hall–Kier alpha value is -4.01. The lowest BCUT2D eigenvalue weighted by molar-refractivity contribution is -0.119. The van der Waals surface area contributed by atoms with E-state index in [0.29, 0.717) is 17.0 Å². The van der Waals surface area contributed by atoms with Gasteiger partial charge in [0.15, 0.2) is 5.65 Å². The van der Waals surface area contributed by atoms with E-state index in [9.17, 15) is 14.0 Å². The zero-order valence-corrected chi connectivity index (χ0v) is 16.4. The van der Waals surface area contributed by atoms with Gasteiger partial charge in [-0.15, -0.1) is 5.10 Å². The minimum absolute atomic E-state index is 0.221. The number of carbonyl (C=O) groups is 1. The summed E-state index contributed by atoms with van der Waals surface area (Å²) in [5.74, 6) is -0.421. The fourth-order valence-electron chi connectivity index (χ4n) is 3.03. The normalized spacial score (nSPS) is 10.9. The third kappa shape index (κ3) is 3.77. The van der Waals surface area contributed by atoms with E-state index in [1.54, 1.807) is 32.2 Å². The molecule has 0 fully saturated rings. The zero-order valence-electron chi connectivity index (χ0n) is 16.4. The van der Waals surface area contributed by atoms with Gasteiger partial charge in [0.2, 0.25) is 11.9 Å². The fraction of sp³-hybridized carbons (Fsp3) is 0.143. The Kier molecular flexibility index (Phi) is 5.01. The number of nitrogens with one attached hydrogen (secondary N) is 1. The van der Waals surface area contributed by atoms with Crippen molar-refractivity contribution in [1.82, 2.24) is 19.2 Å². The molecule has 2 aromatic heterocycles. The number of likely N-dealkylation sites (N-methyl/N-ethyl adjacent to an activating group) is 1. The van der Waals surface area contributed by atoms with Crippen molar-refractivity contribution < 1.29 is 9.18 Å². The second kappa shape index (κ2) is 7.78. The molecule has 0 aliphatic rings. The summed E-state index contributed by atoms with van der Waals surface area (Å²) in [5, 5.41) is 7.29. The number of rotatable bonds is 5. The van der Waals surface area contributed by atoms with Crippen LogP contribution in [0.1, 0.15) is 5.69 Å². The molecule has 0 aliphatic heterocycles. The molecule has 9 heteroatoms. The number of aromatic nitrogens is 4. The van der Waals surface area contributed by atoms with Crippen molar-refractivity contribution in [3.8, 4) is 0 Å². The highest BCUT2D eigenvalue weighted by Gasteiger charge is 2.18. The van der Waals surface area contributed by atoms with E-state index in [1.807, 2.05) is 30.3 Å². The van der Waals surface area contributed by atoms with E-state index < -0.39 is 5.69 Å². The van der Waals surface area contributed by atoms with Crippen molar-refractivity contribution >= 4 is 28.9 Å². The number of hydrogen-bond donors (Lipinski definition) is 1. The number of para-hydroxylation sites is 1. The lowest BCUT2D eigenvalue weighted by Gasteiger charge is -2.16. The molecule has 1 N–H and O–H groups in total. The second-order valence-corrected chi connectivity index (χ2v) is 6.78. The van der Waals surface area contributed by atoms with Crippen LogP contribution < -0.4 is 15.9 Å². The van der Waals surface area contributed by atoms with Crippen LogP contribution in [-0.4, -0.2) is 32.1 Å². The van der Waals surface area contributed by atoms with Crippen LogP contribution in [0, 0.1) is 12.7 Å². The molecule has 0 bridgehead atoms. The van der Waals surface area contributed by atoms with Crippen LogP contribution in [0.15, 0.2) is 65.5 Å². The molecule has 152 valence electrons. The van der Waals surface area contributed by atoms with E-state index in [1.165, 1.54) is 21.4 Å². The van der Waals surface area contributed by atoms with Crippen LogP contribution in [0.25, 0.3) is 5.65 Å². The van der Waals surface area contributed by atoms with Crippen molar-refractivity contribution in [1.29, 1.82) is 0 Å². The van der Waals surface area contributed by atoms with Crippen LogP contribution in [0.2, 0.25) is 0 Å². The number of benzene rings is 2. The third-order valence-electron chi connectivity index (χ3n) is 4.60. The van der Waals surface area contributed by atoms with E-state index in [2.05, 4.69) is 15.4 Å². The molecule has 30 heavy (non-hydrogen) atoms. The monoisotopic (exact) mass is 406 g/mol. The summed E-state index contributed by atoms with van der Waals surface area (Å²) in [6.45, 7) is 1.55. The van der Waals surface area contributed by atoms with Crippen LogP contribution in [0.3, 0.4) is 0 Å². The molecule has 8 nitrogen and oxygen atoms in total. The molecule has 4 rings (SSSR count).